The molecule has 0 radical (unpaired) electrons. The number of aromatic nitrogens is 1. The van der Waals surface area contributed by atoms with Crippen LogP contribution in [0.5, 0.6) is 11.5 Å². The fourth-order valence-electron chi connectivity index (χ4n) is 2.70. The Labute approximate surface area is 147 Å². The molecule has 0 bridgehead atoms. The minimum absolute atomic E-state index is 0.195. The van der Waals surface area contributed by atoms with Gasteiger partial charge in [0.25, 0.3) is 11.5 Å². The van der Waals surface area contributed by atoms with Crippen molar-refractivity contribution in [2.75, 3.05) is 20.8 Å². The Bertz CT molecular complexity index is 840. The van der Waals surface area contributed by atoms with Gasteiger partial charge >= 0.3 is 0 Å². The first kappa shape index (κ1) is 18.6. The van der Waals surface area contributed by atoms with Crippen molar-refractivity contribution in [3.8, 4) is 11.5 Å². The van der Waals surface area contributed by atoms with Gasteiger partial charge in [-0.15, -0.1) is 0 Å². The van der Waals surface area contributed by atoms with Crippen LogP contribution in [0.3, 0.4) is 0 Å². The van der Waals surface area contributed by atoms with Gasteiger partial charge in [-0.25, -0.2) is 0 Å². The maximum Gasteiger partial charge on any atom is 0.263 e. The number of hydrogen-bond acceptors (Lipinski definition) is 4. The third-order valence-electron chi connectivity index (χ3n) is 4.24. The molecule has 0 atom stereocenters. The lowest BCUT2D eigenvalue weighted by atomic mass is 10.1. The zero-order valence-corrected chi connectivity index (χ0v) is 15.3. The second-order valence-corrected chi connectivity index (χ2v) is 5.90. The summed E-state index contributed by atoms with van der Waals surface area (Å²) in [4.78, 5) is 24.7. The van der Waals surface area contributed by atoms with Crippen molar-refractivity contribution in [2.24, 2.45) is 7.05 Å². The second kappa shape index (κ2) is 7.88. The van der Waals surface area contributed by atoms with Gasteiger partial charge < -0.3 is 19.4 Å². The fourth-order valence-corrected chi connectivity index (χ4v) is 2.70. The molecule has 0 aliphatic carbocycles. The number of carbonyl (C=O) groups is 1. The number of carbonyl (C=O) groups excluding carboxylic acids is 1. The SMILES string of the molecule is COc1ccc(CCNC(=O)c2c(C)cc(C)n(C)c2=O)cc1OC. The van der Waals surface area contributed by atoms with Crippen LogP contribution in [-0.2, 0) is 13.5 Å². The monoisotopic (exact) mass is 344 g/mol. The van der Waals surface area contributed by atoms with Crippen LogP contribution in [-0.4, -0.2) is 31.2 Å². The number of nitrogens with one attached hydrogen (secondary N) is 1. The molecule has 0 spiro atoms. The lowest BCUT2D eigenvalue weighted by Gasteiger charge is -2.12. The van der Waals surface area contributed by atoms with E-state index in [2.05, 4.69) is 5.32 Å². The highest BCUT2D eigenvalue weighted by Gasteiger charge is 2.16. The molecule has 0 aliphatic rings. The highest BCUT2D eigenvalue weighted by molar-refractivity contribution is 5.95. The van der Waals surface area contributed by atoms with Crippen LogP contribution >= 0.6 is 0 Å². The van der Waals surface area contributed by atoms with Crippen molar-refractivity contribution >= 4 is 5.91 Å². The molecule has 1 aromatic heterocycles. The smallest absolute Gasteiger partial charge is 0.263 e. The molecule has 25 heavy (non-hydrogen) atoms. The molecule has 6 nitrogen and oxygen atoms in total. The molecule has 1 N–H and O–H groups in total. The van der Waals surface area contributed by atoms with Crippen LogP contribution in [0.2, 0.25) is 0 Å². The summed E-state index contributed by atoms with van der Waals surface area (Å²) in [7, 11) is 4.83. The van der Waals surface area contributed by atoms with Gasteiger partial charge in [0.2, 0.25) is 0 Å². The predicted octanol–water partition coefficient (Wildman–Crippen LogP) is 1.99. The Hall–Kier alpha value is -2.76. The van der Waals surface area contributed by atoms with Gasteiger partial charge in [0.05, 0.1) is 14.2 Å². The van der Waals surface area contributed by atoms with Crippen molar-refractivity contribution < 1.29 is 14.3 Å². The standard InChI is InChI=1S/C19H24N2O4/c1-12-10-13(2)21(3)19(23)17(12)18(22)20-9-8-14-6-7-15(24-4)16(11-14)25-5/h6-7,10-11H,8-9H2,1-5H3,(H,20,22). The van der Waals surface area contributed by atoms with Crippen molar-refractivity contribution in [2.45, 2.75) is 20.3 Å². The molecule has 0 unspecified atom stereocenters. The predicted molar refractivity (Wildman–Crippen MR) is 96.7 cm³/mol. The van der Waals surface area contributed by atoms with Gasteiger partial charge in [0, 0.05) is 19.3 Å². The van der Waals surface area contributed by atoms with E-state index >= 15 is 0 Å². The number of hydrogen-bond donors (Lipinski definition) is 1. The quantitative estimate of drug-likeness (QED) is 0.870. The van der Waals surface area contributed by atoms with Crippen molar-refractivity contribution in [3.63, 3.8) is 0 Å². The van der Waals surface area contributed by atoms with E-state index in [-0.39, 0.29) is 17.0 Å². The van der Waals surface area contributed by atoms with E-state index in [0.29, 0.717) is 30.0 Å². The summed E-state index contributed by atoms with van der Waals surface area (Å²) in [5.74, 6) is 0.960. The molecule has 0 saturated heterocycles. The lowest BCUT2D eigenvalue weighted by molar-refractivity contribution is 0.0951. The average Bonchev–Trinajstić information content (AvgIpc) is 2.59. The largest absolute Gasteiger partial charge is 0.493 e. The number of aryl methyl sites for hydroxylation is 2. The molecule has 0 fully saturated rings. The third kappa shape index (κ3) is 4.02. The molecule has 2 aromatic rings. The van der Waals surface area contributed by atoms with Crippen LogP contribution < -0.4 is 20.3 Å². The maximum atomic E-state index is 12.4. The minimum atomic E-state index is -0.349. The topological polar surface area (TPSA) is 69.6 Å². The molecular formula is C19H24N2O4. The second-order valence-electron chi connectivity index (χ2n) is 5.90. The minimum Gasteiger partial charge on any atom is -0.493 e. The molecule has 1 amide bonds. The number of nitrogens with zero attached hydrogens (tertiary/aromatic N) is 1. The van der Waals surface area contributed by atoms with Crippen LogP contribution in [0.4, 0.5) is 0 Å². The van der Waals surface area contributed by atoms with E-state index < -0.39 is 0 Å². The molecule has 134 valence electrons. The third-order valence-corrected chi connectivity index (χ3v) is 4.24. The van der Waals surface area contributed by atoms with Gasteiger partial charge in [0.15, 0.2) is 11.5 Å². The Kier molecular flexibility index (Phi) is 5.85. The van der Waals surface area contributed by atoms with E-state index in [1.807, 2.05) is 31.2 Å². The van der Waals surface area contributed by atoms with E-state index in [1.54, 1.807) is 28.2 Å². The van der Waals surface area contributed by atoms with E-state index in [9.17, 15) is 9.59 Å². The normalized spacial score (nSPS) is 10.4. The molecule has 6 heteroatoms. The number of benzene rings is 1. The van der Waals surface area contributed by atoms with Crippen molar-refractivity contribution in [3.05, 3.63) is 57.0 Å². The number of amides is 1. The Morgan fingerprint density at radius 2 is 1.80 bits per heavy atom. The molecular weight excluding hydrogens is 320 g/mol. The number of rotatable bonds is 6. The zero-order chi connectivity index (χ0) is 18.6. The van der Waals surface area contributed by atoms with E-state index in [4.69, 9.17) is 9.47 Å². The Balaban J connectivity index is 2.07. The maximum absolute atomic E-state index is 12.4. The molecule has 0 aliphatic heterocycles. The highest BCUT2D eigenvalue weighted by atomic mass is 16.5. The summed E-state index contributed by atoms with van der Waals surface area (Å²) < 4.78 is 12.0. The summed E-state index contributed by atoms with van der Waals surface area (Å²) in [5, 5.41) is 2.82. The van der Waals surface area contributed by atoms with Crippen LogP contribution in [0.15, 0.2) is 29.1 Å². The Morgan fingerprint density at radius 3 is 2.44 bits per heavy atom. The molecule has 0 saturated carbocycles. The molecule has 1 aromatic carbocycles. The first-order valence-electron chi connectivity index (χ1n) is 8.05. The highest BCUT2D eigenvalue weighted by Crippen LogP contribution is 2.27. The van der Waals surface area contributed by atoms with Gasteiger partial charge in [-0.1, -0.05) is 6.07 Å². The van der Waals surface area contributed by atoms with Gasteiger partial charge in [-0.3, -0.25) is 9.59 Å². The van der Waals surface area contributed by atoms with Crippen molar-refractivity contribution in [1.29, 1.82) is 0 Å². The van der Waals surface area contributed by atoms with Crippen LogP contribution in [0.25, 0.3) is 0 Å². The first-order valence-corrected chi connectivity index (χ1v) is 8.05. The Morgan fingerprint density at radius 1 is 1.12 bits per heavy atom. The van der Waals surface area contributed by atoms with E-state index in [0.717, 1.165) is 11.3 Å². The van der Waals surface area contributed by atoms with E-state index in [1.165, 1.54) is 4.57 Å². The zero-order valence-electron chi connectivity index (χ0n) is 15.3. The summed E-state index contributed by atoms with van der Waals surface area (Å²) in [5.41, 5.74) is 2.43. The van der Waals surface area contributed by atoms with Crippen molar-refractivity contribution in [1.82, 2.24) is 9.88 Å². The lowest BCUT2D eigenvalue weighted by Crippen LogP contribution is -2.35. The first-order chi connectivity index (χ1) is 11.9. The number of methoxy groups -OCH3 is 2. The summed E-state index contributed by atoms with van der Waals surface area (Å²) in [6.07, 6.45) is 0.622. The summed E-state index contributed by atoms with van der Waals surface area (Å²) >= 11 is 0. The van der Waals surface area contributed by atoms with Gasteiger partial charge in [-0.05, 0) is 49.6 Å². The van der Waals surface area contributed by atoms with Gasteiger partial charge in [0.1, 0.15) is 5.56 Å². The van der Waals surface area contributed by atoms with Crippen LogP contribution in [0, 0.1) is 13.8 Å². The van der Waals surface area contributed by atoms with Crippen LogP contribution in [0.1, 0.15) is 27.2 Å². The molecule has 1 heterocycles. The summed E-state index contributed by atoms with van der Waals surface area (Å²) in [6, 6.07) is 7.46. The number of ether oxygens (including phenoxy) is 2. The number of pyridine rings is 1. The summed E-state index contributed by atoms with van der Waals surface area (Å²) in [6.45, 7) is 4.04. The fraction of sp³-hybridized carbons (Fsp3) is 0.368. The molecule has 2 rings (SSSR count). The van der Waals surface area contributed by atoms with Gasteiger partial charge in [-0.2, -0.15) is 0 Å². The average molecular weight is 344 g/mol.